The molecule has 26 heavy (non-hydrogen) atoms. The first-order valence-corrected chi connectivity index (χ1v) is 9.32. The van der Waals surface area contributed by atoms with E-state index in [0.717, 1.165) is 49.8 Å². The van der Waals surface area contributed by atoms with Gasteiger partial charge in [0.25, 0.3) is 0 Å². The Hall–Kier alpha value is -1.85. The molecule has 0 spiro atoms. The topological polar surface area (TPSA) is 28.9 Å². The van der Waals surface area contributed by atoms with E-state index < -0.39 is 0 Å². The van der Waals surface area contributed by atoms with Gasteiger partial charge in [0.2, 0.25) is 0 Å². The fraction of sp³-hybridized carbons (Fsp3) is 0.524. The third kappa shape index (κ3) is 5.08. The molecule has 5 heteroatoms. The summed E-state index contributed by atoms with van der Waals surface area (Å²) >= 11 is 0. The number of methoxy groups -OCH3 is 1. The van der Waals surface area contributed by atoms with Gasteiger partial charge in [-0.05, 0) is 64.0 Å². The molecule has 0 unspecified atom stereocenters. The van der Waals surface area contributed by atoms with Gasteiger partial charge in [-0.15, -0.1) is 0 Å². The lowest BCUT2D eigenvalue weighted by Gasteiger charge is -2.33. The van der Waals surface area contributed by atoms with Crippen LogP contribution in [-0.2, 0) is 13.1 Å². The van der Waals surface area contributed by atoms with Gasteiger partial charge in [0.15, 0.2) is 0 Å². The van der Waals surface area contributed by atoms with Crippen LogP contribution in [0.5, 0.6) is 5.75 Å². The number of aryl methyl sites for hydroxylation is 1. The van der Waals surface area contributed by atoms with Gasteiger partial charge in [0.05, 0.1) is 13.7 Å². The molecule has 2 heterocycles. The van der Waals surface area contributed by atoms with E-state index in [0.29, 0.717) is 11.7 Å². The van der Waals surface area contributed by atoms with Crippen molar-refractivity contribution in [1.82, 2.24) is 9.80 Å². The highest BCUT2D eigenvalue weighted by molar-refractivity contribution is 5.33. The zero-order valence-electron chi connectivity index (χ0n) is 16.0. The van der Waals surface area contributed by atoms with Crippen LogP contribution in [0.1, 0.15) is 29.9 Å². The van der Waals surface area contributed by atoms with Crippen LogP contribution >= 0.6 is 0 Å². The zero-order valence-corrected chi connectivity index (χ0v) is 16.0. The number of nitrogens with zero attached hydrogens (tertiary/aromatic N) is 2. The molecule has 142 valence electrons. The van der Waals surface area contributed by atoms with E-state index in [1.807, 2.05) is 19.1 Å². The number of hydrogen-bond donors (Lipinski definition) is 0. The summed E-state index contributed by atoms with van der Waals surface area (Å²) in [5.41, 5.74) is 1.03. The van der Waals surface area contributed by atoms with Crippen molar-refractivity contribution in [1.29, 1.82) is 0 Å². The minimum Gasteiger partial charge on any atom is -0.496 e. The van der Waals surface area contributed by atoms with Crippen LogP contribution in [0.25, 0.3) is 0 Å². The molecule has 4 nitrogen and oxygen atoms in total. The van der Waals surface area contributed by atoms with Gasteiger partial charge in [-0.1, -0.05) is 6.07 Å². The van der Waals surface area contributed by atoms with Gasteiger partial charge >= 0.3 is 0 Å². The number of benzene rings is 1. The molecule has 3 rings (SSSR count). The van der Waals surface area contributed by atoms with E-state index in [4.69, 9.17) is 9.15 Å². The molecule has 1 saturated heterocycles. The van der Waals surface area contributed by atoms with Crippen molar-refractivity contribution in [3.05, 3.63) is 53.2 Å². The summed E-state index contributed by atoms with van der Waals surface area (Å²) in [6.07, 6.45) is 2.40. The number of likely N-dealkylation sites (tertiary alicyclic amines) is 1. The van der Waals surface area contributed by atoms with Crippen molar-refractivity contribution < 1.29 is 13.5 Å². The highest BCUT2D eigenvalue weighted by Gasteiger charge is 2.21. The molecule has 0 radical (unpaired) electrons. The second-order valence-electron chi connectivity index (χ2n) is 7.38. The maximum atomic E-state index is 13.3. The normalized spacial score (nSPS) is 16.3. The molecular weight excluding hydrogens is 331 g/mol. The SMILES string of the molecule is COc1cc(F)ccc1CN(C)CC1CCN(Cc2ccc(C)o2)CC1. The van der Waals surface area contributed by atoms with Crippen LogP contribution in [-0.4, -0.2) is 43.6 Å². The second kappa shape index (κ2) is 8.69. The number of ether oxygens (including phenoxy) is 1. The van der Waals surface area contributed by atoms with Crippen molar-refractivity contribution in [3.63, 3.8) is 0 Å². The standard InChI is InChI=1S/C21H29FN2O2/c1-16-4-7-20(26-16)15-24-10-8-17(9-11-24)13-23(2)14-18-5-6-19(22)12-21(18)25-3/h4-7,12,17H,8-11,13-15H2,1-3H3. The molecule has 0 amide bonds. The van der Waals surface area contributed by atoms with Gasteiger partial charge in [-0.3, -0.25) is 4.90 Å². The average Bonchev–Trinajstić information content (AvgIpc) is 3.03. The number of hydrogen-bond acceptors (Lipinski definition) is 4. The van der Waals surface area contributed by atoms with E-state index in [9.17, 15) is 4.39 Å². The summed E-state index contributed by atoms with van der Waals surface area (Å²) in [4.78, 5) is 4.78. The Balaban J connectivity index is 1.45. The first kappa shape index (κ1) is 18.9. The van der Waals surface area contributed by atoms with Crippen LogP contribution in [0.4, 0.5) is 4.39 Å². The third-order valence-corrected chi connectivity index (χ3v) is 5.14. The highest BCUT2D eigenvalue weighted by atomic mass is 19.1. The molecule has 0 bridgehead atoms. The first-order valence-electron chi connectivity index (χ1n) is 9.32. The quantitative estimate of drug-likeness (QED) is 0.744. The lowest BCUT2D eigenvalue weighted by Crippen LogP contribution is -2.37. The van der Waals surface area contributed by atoms with E-state index in [1.54, 1.807) is 7.11 Å². The summed E-state index contributed by atoms with van der Waals surface area (Å²) in [7, 11) is 3.72. The maximum absolute atomic E-state index is 13.3. The van der Waals surface area contributed by atoms with Crippen LogP contribution in [0.15, 0.2) is 34.7 Å². The van der Waals surface area contributed by atoms with Gasteiger partial charge in [0, 0.05) is 24.7 Å². The molecule has 0 aliphatic carbocycles. The van der Waals surface area contributed by atoms with Crippen LogP contribution in [0, 0.1) is 18.7 Å². The van der Waals surface area contributed by atoms with E-state index in [1.165, 1.54) is 25.0 Å². The summed E-state index contributed by atoms with van der Waals surface area (Å²) in [6.45, 7) is 6.94. The highest BCUT2D eigenvalue weighted by Crippen LogP contribution is 2.24. The second-order valence-corrected chi connectivity index (χ2v) is 7.38. The minimum absolute atomic E-state index is 0.257. The van der Waals surface area contributed by atoms with Gasteiger partial charge in [-0.2, -0.15) is 0 Å². The molecule has 1 aliphatic heterocycles. The van der Waals surface area contributed by atoms with Crippen molar-refractivity contribution in [2.45, 2.75) is 32.9 Å². The Kier molecular flexibility index (Phi) is 6.33. The molecule has 1 aromatic carbocycles. The van der Waals surface area contributed by atoms with Gasteiger partial charge in [-0.25, -0.2) is 4.39 Å². The minimum atomic E-state index is -0.257. The van der Waals surface area contributed by atoms with Crippen LogP contribution < -0.4 is 4.74 Å². The Morgan fingerprint density at radius 3 is 2.65 bits per heavy atom. The predicted molar refractivity (Wildman–Crippen MR) is 101 cm³/mol. The molecule has 2 aromatic rings. The molecular formula is C21H29FN2O2. The summed E-state index contributed by atoms with van der Waals surface area (Å²) < 4.78 is 24.3. The molecule has 0 N–H and O–H groups in total. The maximum Gasteiger partial charge on any atom is 0.126 e. The predicted octanol–water partition coefficient (Wildman–Crippen LogP) is 4.08. The Morgan fingerprint density at radius 1 is 1.23 bits per heavy atom. The van der Waals surface area contributed by atoms with E-state index >= 15 is 0 Å². The fourth-order valence-electron chi connectivity index (χ4n) is 3.76. The summed E-state index contributed by atoms with van der Waals surface area (Å²) in [6, 6.07) is 8.88. The van der Waals surface area contributed by atoms with E-state index in [2.05, 4.69) is 22.9 Å². The number of furan rings is 1. The number of piperidine rings is 1. The molecule has 0 saturated carbocycles. The van der Waals surface area contributed by atoms with Crippen LogP contribution in [0.2, 0.25) is 0 Å². The Labute approximate surface area is 155 Å². The summed E-state index contributed by atoms with van der Waals surface area (Å²) in [5, 5.41) is 0. The average molecular weight is 360 g/mol. The van der Waals surface area contributed by atoms with Crippen LogP contribution in [0.3, 0.4) is 0 Å². The Bertz CT molecular complexity index is 708. The first-order chi connectivity index (χ1) is 12.5. The number of halogens is 1. The molecule has 0 atom stereocenters. The lowest BCUT2D eigenvalue weighted by molar-refractivity contribution is 0.139. The van der Waals surface area contributed by atoms with Crippen molar-refractivity contribution in [3.8, 4) is 5.75 Å². The monoisotopic (exact) mass is 360 g/mol. The molecule has 1 fully saturated rings. The molecule has 1 aromatic heterocycles. The van der Waals surface area contributed by atoms with Gasteiger partial charge in [0.1, 0.15) is 23.1 Å². The number of rotatable bonds is 7. The van der Waals surface area contributed by atoms with Crippen molar-refractivity contribution in [2.24, 2.45) is 5.92 Å². The zero-order chi connectivity index (χ0) is 18.5. The Morgan fingerprint density at radius 2 is 2.00 bits per heavy atom. The lowest BCUT2D eigenvalue weighted by atomic mass is 9.96. The van der Waals surface area contributed by atoms with Crippen molar-refractivity contribution >= 4 is 0 Å². The molecule has 1 aliphatic rings. The van der Waals surface area contributed by atoms with Gasteiger partial charge < -0.3 is 14.1 Å². The fourth-order valence-corrected chi connectivity index (χ4v) is 3.76. The largest absolute Gasteiger partial charge is 0.496 e. The van der Waals surface area contributed by atoms with E-state index in [-0.39, 0.29) is 5.82 Å². The van der Waals surface area contributed by atoms with Crippen molar-refractivity contribution in [2.75, 3.05) is 33.8 Å². The summed E-state index contributed by atoms with van der Waals surface area (Å²) in [5.74, 6) is 3.10. The third-order valence-electron chi connectivity index (χ3n) is 5.14. The smallest absolute Gasteiger partial charge is 0.126 e.